The third-order valence-corrected chi connectivity index (χ3v) is 5.84. The molecule has 0 amide bonds. The van der Waals surface area contributed by atoms with Crippen molar-refractivity contribution in [2.75, 3.05) is 18.8 Å². The highest BCUT2D eigenvalue weighted by atomic mass is 19.1. The molecule has 3 rings (SSSR count). The van der Waals surface area contributed by atoms with Gasteiger partial charge in [0, 0.05) is 24.9 Å². The highest BCUT2D eigenvalue weighted by molar-refractivity contribution is 5.77. The van der Waals surface area contributed by atoms with Crippen molar-refractivity contribution in [2.24, 2.45) is 0 Å². The number of allylic oxidation sites excluding steroid dienone is 5. The fourth-order valence-corrected chi connectivity index (χ4v) is 3.96. The Morgan fingerprint density at radius 3 is 2.58 bits per heavy atom. The molecule has 2 aromatic heterocycles. The normalized spacial score (nSPS) is 12.1. The zero-order valence-corrected chi connectivity index (χ0v) is 22.7. The number of aromatic amines is 1. The maximum atomic E-state index is 14.9. The largest absolute Gasteiger partial charge is 0.396 e. The van der Waals surface area contributed by atoms with E-state index in [1.165, 1.54) is 6.07 Å². The maximum absolute atomic E-state index is 14.9. The van der Waals surface area contributed by atoms with Crippen LogP contribution in [0.15, 0.2) is 73.8 Å². The summed E-state index contributed by atoms with van der Waals surface area (Å²) in [5.74, 6) is 0.237. The van der Waals surface area contributed by atoms with Crippen molar-refractivity contribution in [2.45, 2.75) is 34.1 Å². The van der Waals surface area contributed by atoms with Crippen LogP contribution in [0.25, 0.3) is 11.3 Å². The van der Waals surface area contributed by atoms with Gasteiger partial charge in [-0.2, -0.15) is 0 Å². The van der Waals surface area contributed by atoms with Crippen molar-refractivity contribution >= 4 is 17.0 Å². The number of anilines is 1. The monoisotopic (exact) mass is 512 g/mol. The van der Waals surface area contributed by atoms with Gasteiger partial charge in [0.15, 0.2) is 0 Å². The average Bonchev–Trinajstić information content (AvgIpc) is 3.51. The van der Waals surface area contributed by atoms with E-state index in [-0.39, 0.29) is 5.69 Å². The Hall–Kier alpha value is -4.41. The third kappa shape index (κ3) is 7.31. The lowest BCUT2D eigenvalue weighted by molar-refractivity contribution is 0.630. The average molecular weight is 513 g/mol. The molecule has 38 heavy (non-hydrogen) atoms. The number of aryl methyl sites for hydroxylation is 2. The lowest BCUT2D eigenvalue weighted by Crippen LogP contribution is -2.15. The fourth-order valence-electron chi connectivity index (χ4n) is 3.96. The summed E-state index contributed by atoms with van der Waals surface area (Å²) < 4.78 is 16.8. The zero-order valence-electron chi connectivity index (χ0n) is 22.7. The predicted octanol–water partition coefficient (Wildman–Crippen LogP) is 5.98. The number of terminal acetylenes is 1. The second-order valence-electron chi connectivity index (χ2n) is 8.52. The number of imidazole rings is 2. The molecular weight excluding hydrogens is 475 g/mol. The molecule has 6 nitrogen and oxygen atoms in total. The van der Waals surface area contributed by atoms with Gasteiger partial charge in [0.05, 0.1) is 23.4 Å². The van der Waals surface area contributed by atoms with E-state index >= 15 is 0 Å². The van der Waals surface area contributed by atoms with Crippen LogP contribution in [0.5, 0.6) is 0 Å². The van der Waals surface area contributed by atoms with Crippen molar-refractivity contribution in [1.29, 1.82) is 0 Å². The molecule has 2 heterocycles. The van der Waals surface area contributed by atoms with Gasteiger partial charge in [-0.15, -0.1) is 12.8 Å². The Labute approximate surface area is 225 Å². The molecule has 0 aliphatic heterocycles. The number of H-pyrrole nitrogens is 1. The van der Waals surface area contributed by atoms with E-state index in [2.05, 4.69) is 41.3 Å². The Balaban J connectivity index is 0.00000247. The quantitative estimate of drug-likeness (QED) is 0.168. The van der Waals surface area contributed by atoms with Crippen molar-refractivity contribution < 1.29 is 4.39 Å². The molecule has 4 N–H and O–H groups in total. The number of nitrogens with two attached hydrogens (primary N) is 1. The molecule has 0 atom stereocenters. The molecule has 0 fully saturated rings. The molecule has 1 aromatic carbocycles. The first kappa shape index (κ1) is 29.8. The van der Waals surface area contributed by atoms with Gasteiger partial charge in [-0.05, 0) is 67.8 Å². The van der Waals surface area contributed by atoms with Crippen LogP contribution >= 0.6 is 0 Å². The Bertz CT molecular complexity index is 1380. The number of halogens is 1. The van der Waals surface area contributed by atoms with Crippen LogP contribution < -0.4 is 11.1 Å². The first-order chi connectivity index (χ1) is 18.3. The van der Waals surface area contributed by atoms with Crippen molar-refractivity contribution in [3.8, 4) is 12.8 Å². The summed E-state index contributed by atoms with van der Waals surface area (Å²) in [7, 11) is 0. The van der Waals surface area contributed by atoms with Gasteiger partial charge >= 0.3 is 0 Å². The van der Waals surface area contributed by atoms with E-state index < -0.39 is 5.82 Å². The first-order valence-corrected chi connectivity index (χ1v) is 12.3. The second kappa shape index (κ2) is 14.4. The summed E-state index contributed by atoms with van der Waals surface area (Å²) in [5, 5.41) is 3.29. The van der Waals surface area contributed by atoms with E-state index in [0.29, 0.717) is 24.4 Å². The van der Waals surface area contributed by atoms with Crippen LogP contribution in [0, 0.1) is 32.5 Å². The van der Waals surface area contributed by atoms with E-state index in [1.54, 1.807) is 12.4 Å². The Kier molecular flexibility index (Phi) is 11.3. The lowest BCUT2D eigenvalue weighted by Gasteiger charge is -2.12. The van der Waals surface area contributed by atoms with Gasteiger partial charge in [-0.1, -0.05) is 44.4 Å². The Morgan fingerprint density at radius 1 is 1.26 bits per heavy atom. The first-order valence-electron chi connectivity index (χ1n) is 12.3. The number of likely N-dealkylation sites (N-methyl/N-ethyl adjacent to an activating group) is 1. The number of nitrogen functional groups attached to an aromatic ring is 1. The summed E-state index contributed by atoms with van der Waals surface area (Å²) in [6.07, 6.45) is 21.4. The highest BCUT2D eigenvalue weighted by Gasteiger charge is 2.16. The van der Waals surface area contributed by atoms with Gasteiger partial charge in [-0.3, -0.25) is 0 Å². The minimum absolute atomic E-state index is 0.123. The van der Waals surface area contributed by atoms with E-state index in [4.69, 9.17) is 10.7 Å². The maximum Gasteiger partial charge on any atom is 0.146 e. The predicted molar refractivity (Wildman–Crippen MR) is 158 cm³/mol. The smallest absolute Gasteiger partial charge is 0.146 e. The SMILES string of the molecule is C#C.C=C/C=C(\c1nc(Cc2cc(C(/C=C(\C=C)CNCC)=C/C)cc(F)c2N)[nH]c1C)n1cnc(C)c1. The molecule has 0 saturated heterocycles. The molecule has 3 aromatic rings. The number of rotatable bonds is 11. The molecule has 0 aliphatic rings. The third-order valence-electron chi connectivity index (χ3n) is 5.84. The molecule has 0 bridgehead atoms. The second-order valence-corrected chi connectivity index (χ2v) is 8.52. The fraction of sp³-hybridized carbons (Fsp3) is 0.226. The van der Waals surface area contributed by atoms with E-state index in [0.717, 1.165) is 46.0 Å². The van der Waals surface area contributed by atoms with E-state index in [9.17, 15) is 4.39 Å². The van der Waals surface area contributed by atoms with Crippen LogP contribution in [-0.4, -0.2) is 32.6 Å². The molecule has 7 heteroatoms. The highest BCUT2D eigenvalue weighted by Crippen LogP contribution is 2.28. The number of hydrogen-bond acceptors (Lipinski definition) is 4. The minimum Gasteiger partial charge on any atom is -0.396 e. The van der Waals surface area contributed by atoms with Crippen molar-refractivity contribution in [3.63, 3.8) is 0 Å². The van der Waals surface area contributed by atoms with Crippen molar-refractivity contribution in [3.05, 3.63) is 114 Å². The molecule has 0 saturated carbocycles. The number of hydrogen-bond donors (Lipinski definition) is 3. The van der Waals surface area contributed by atoms with Gasteiger partial charge in [0.1, 0.15) is 17.3 Å². The molecule has 0 radical (unpaired) electrons. The van der Waals surface area contributed by atoms with Gasteiger partial charge < -0.3 is 20.6 Å². The number of nitrogens with zero attached hydrogens (tertiary/aromatic N) is 3. The molecule has 0 unspecified atom stereocenters. The Morgan fingerprint density at radius 2 is 2.00 bits per heavy atom. The van der Waals surface area contributed by atoms with Crippen LogP contribution in [0.1, 0.15) is 47.9 Å². The topological polar surface area (TPSA) is 84.5 Å². The van der Waals surface area contributed by atoms with Crippen LogP contribution in [0.2, 0.25) is 0 Å². The summed E-state index contributed by atoms with van der Waals surface area (Å²) in [6.45, 7) is 17.1. The molecule has 0 aliphatic carbocycles. The standard InChI is InChI=1S/C29H35FN6.C2H2/c1-7-11-26(36-17-19(5)33-18-36)29-20(6)34-27(35-29)15-24-13-23(14-25(30)28(24)31)22(9-3)12-21(8-2)16-32-10-4;1-2/h7-9,11-14,17-18,32H,1-2,10,15-16,31H2,3-6H3,(H,34,35);1-2H/b21-12+,22-9+,26-11+;. The van der Waals surface area contributed by atoms with Crippen LogP contribution in [0.3, 0.4) is 0 Å². The van der Waals surface area contributed by atoms with Crippen LogP contribution in [0.4, 0.5) is 10.1 Å². The summed E-state index contributed by atoms with van der Waals surface area (Å²) in [4.78, 5) is 12.5. The van der Waals surface area contributed by atoms with Crippen molar-refractivity contribution in [1.82, 2.24) is 24.8 Å². The molecular formula is C31H37FN6. The summed E-state index contributed by atoms with van der Waals surface area (Å²) >= 11 is 0. The van der Waals surface area contributed by atoms with Crippen LogP contribution in [-0.2, 0) is 6.42 Å². The van der Waals surface area contributed by atoms with Gasteiger partial charge in [0.2, 0.25) is 0 Å². The lowest BCUT2D eigenvalue weighted by atomic mass is 9.97. The number of benzene rings is 1. The number of nitrogens with one attached hydrogen (secondary N) is 2. The van der Waals surface area contributed by atoms with E-state index in [1.807, 2.05) is 68.8 Å². The molecule has 0 spiro atoms. The zero-order chi connectivity index (χ0) is 28.2. The summed E-state index contributed by atoms with van der Waals surface area (Å²) in [6, 6.07) is 3.40. The minimum atomic E-state index is -0.452. The number of aromatic nitrogens is 4. The van der Waals surface area contributed by atoms with Gasteiger partial charge in [-0.25, -0.2) is 14.4 Å². The van der Waals surface area contributed by atoms with Gasteiger partial charge in [0.25, 0.3) is 0 Å². The summed E-state index contributed by atoms with van der Waals surface area (Å²) in [5.41, 5.74) is 13.0. The molecule has 198 valence electrons.